The molecule has 3 rings (SSSR count). The molecule has 2 heterocycles. The number of hydrogen-bond donors (Lipinski definition) is 1. The number of amides is 1. The van der Waals surface area contributed by atoms with E-state index in [4.69, 9.17) is 4.42 Å². The van der Waals surface area contributed by atoms with Gasteiger partial charge in [0.2, 0.25) is 5.71 Å². The van der Waals surface area contributed by atoms with Crippen molar-refractivity contribution in [2.45, 2.75) is 40.3 Å². The van der Waals surface area contributed by atoms with Gasteiger partial charge in [0.1, 0.15) is 0 Å². The van der Waals surface area contributed by atoms with Crippen molar-refractivity contribution < 1.29 is 9.21 Å². The Hall–Kier alpha value is -2.56. The van der Waals surface area contributed by atoms with Gasteiger partial charge in [-0.3, -0.25) is 9.48 Å². The molecular weight excluding hydrogens is 290 g/mol. The number of benzene rings is 1. The Bertz CT molecular complexity index is 844. The molecule has 1 N–H and O–H groups in total. The van der Waals surface area contributed by atoms with Gasteiger partial charge in [-0.2, -0.15) is 0 Å². The summed E-state index contributed by atoms with van der Waals surface area (Å²) in [6.45, 7) is 8.44. The molecule has 0 aliphatic heterocycles. The highest BCUT2D eigenvalue weighted by Gasteiger charge is 2.22. The van der Waals surface area contributed by atoms with Crippen molar-refractivity contribution >= 4 is 17.0 Å². The topological polar surface area (TPSA) is 60.1 Å². The lowest BCUT2D eigenvalue weighted by Gasteiger charge is -2.07. The fourth-order valence-corrected chi connectivity index (χ4v) is 2.76. The zero-order chi connectivity index (χ0) is 16.6. The van der Waals surface area contributed by atoms with Crippen molar-refractivity contribution in [1.29, 1.82) is 0 Å². The molecular formula is C18H21N3O2. The maximum atomic E-state index is 12.2. The fourth-order valence-electron chi connectivity index (χ4n) is 2.76. The minimum atomic E-state index is -0.190. The second kappa shape index (κ2) is 5.91. The lowest BCUT2D eigenvalue weighted by Crippen LogP contribution is -2.30. The first-order valence-electron chi connectivity index (χ1n) is 7.78. The summed E-state index contributed by atoms with van der Waals surface area (Å²) in [7, 11) is 0. The molecule has 0 fully saturated rings. The van der Waals surface area contributed by atoms with E-state index in [1.54, 1.807) is 0 Å². The van der Waals surface area contributed by atoms with E-state index in [-0.39, 0.29) is 11.9 Å². The molecule has 0 saturated heterocycles. The molecule has 2 aromatic heterocycles. The molecule has 3 aromatic rings. The van der Waals surface area contributed by atoms with Crippen LogP contribution in [0.2, 0.25) is 0 Å². The lowest BCUT2D eigenvalue weighted by atomic mass is 10.1. The summed E-state index contributed by atoms with van der Waals surface area (Å²) in [5.41, 5.74) is 3.55. The van der Waals surface area contributed by atoms with E-state index < -0.39 is 0 Å². The molecule has 0 bridgehead atoms. The Balaban J connectivity index is 1.96. The van der Waals surface area contributed by atoms with Crippen LogP contribution in [0.5, 0.6) is 0 Å². The maximum absolute atomic E-state index is 12.2. The average Bonchev–Trinajstić information content (AvgIpc) is 2.98. The van der Waals surface area contributed by atoms with Crippen LogP contribution >= 0.6 is 0 Å². The van der Waals surface area contributed by atoms with Gasteiger partial charge in [-0.15, -0.1) is 5.10 Å². The predicted octanol–water partition coefficient (Wildman–Crippen LogP) is 3.43. The van der Waals surface area contributed by atoms with Crippen LogP contribution in [0, 0.1) is 13.8 Å². The van der Waals surface area contributed by atoms with Gasteiger partial charge in [-0.25, -0.2) is 0 Å². The van der Waals surface area contributed by atoms with Gasteiger partial charge in [-0.1, -0.05) is 30.3 Å². The summed E-state index contributed by atoms with van der Waals surface area (Å²) in [4.78, 5) is 12.2. The van der Waals surface area contributed by atoms with E-state index in [1.165, 1.54) is 5.56 Å². The van der Waals surface area contributed by atoms with Crippen molar-refractivity contribution in [3.63, 3.8) is 0 Å². The highest BCUT2D eigenvalue weighted by molar-refractivity contribution is 5.99. The fraction of sp³-hybridized carbons (Fsp3) is 0.333. The van der Waals surface area contributed by atoms with Crippen LogP contribution in [-0.4, -0.2) is 21.7 Å². The van der Waals surface area contributed by atoms with E-state index >= 15 is 0 Å². The number of furan rings is 1. The number of nitrogens with zero attached hydrogens (tertiary/aromatic N) is 2. The molecule has 120 valence electrons. The van der Waals surface area contributed by atoms with Crippen LogP contribution in [0.3, 0.4) is 0 Å². The maximum Gasteiger partial charge on any atom is 0.287 e. The normalized spacial score (nSPS) is 11.3. The molecule has 0 unspecified atom stereocenters. The molecule has 0 spiro atoms. The highest BCUT2D eigenvalue weighted by atomic mass is 16.4. The van der Waals surface area contributed by atoms with Gasteiger partial charge in [0, 0.05) is 17.3 Å². The van der Waals surface area contributed by atoms with E-state index in [0.29, 0.717) is 18.0 Å². The predicted molar refractivity (Wildman–Crippen MR) is 89.6 cm³/mol. The highest BCUT2D eigenvalue weighted by Crippen LogP contribution is 2.28. The van der Waals surface area contributed by atoms with Crippen LogP contribution in [0.1, 0.15) is 41.2 Å². The summed E-state index contributed by atoms with van der Waals surface area (Å²) >= 11 is 0. The first kappa shape index (κ1) is 15.3. The van der Waals surface area contributed by atoms with Crippen LogP contribution in [0.15, 0.2) is 34.7 Å². The van der Waals surface area contributed by atoms with Crippen molar-refractivity contribution in [3.8, 4) is 0 Å². The molecule has 0 saturated carbocycles. The Morgan fingerprint density at radius 3 is 2.57 bits per heavy atom. The molecule has 0 radical (unpaired) electrons. The summed E-state index contributed by atoms with van der Waals surface area (Å²) in [6, 6.07) is 10.2. The van der Waals surface area contributed by atoms with Gasteiger partial charge < -0.3 is 9.73 Å². The Morgan fingerprint density at radius 1 is 1.26 bits per heavy atom. The van der Waals surface area contributed by atoms with Gasteiger partial charge in [0.25, 0.3) is 5.91 Å². The quantitative estimate of drug-likeness (QED) is 0.803. The molecule has 1 aromatic carbocycles. The van der Waals surface area contributed by atoms with Gasteiger partial charge in [0.15, 0.2) is 5.76 Å². The largest absolute Gasteiger partial charge is 0.431 e. The number of fused-ring (bicyclic) bond motifs is 1. The van der Waals surface area contributed by atoms with E-state index in [2.05, 4.69) is 22.5 Å². The van der Waals surface area contributed by atoms with E-state index in [1.807, 2.05) is 50.6 Å². The lowest BCUT2D eigenvalue weighted by molar-refractivity contribution is 0.0916. The van der Waals surface area contributed by atoms with Crippen molar-refractivity contribution in [1.82, 2.24) is 15.1 Å². The number of hydrogen-bond acceptors (Lipinski definition) is 3. The number of rotatable bonds is 4. The van der Waals surface area contributed by atoms with Crippen molar-refractivity contribution in [2.75, 3.05) is 0 Å². The summed E-state index contributed by atoms with van der Waals surface area (Å²) in [5, 5.41) is 8.30. The third kappa shape index (κ3) is 2.86. The molecule has 0 atom stereocenters. The first-order chi connectivity index (χ1) is 11.0. The average molecular weight is 311 g/mol. The summed E-state index contributed by atoms with van der Waals surface area (Å²) in [6.07, 6.45) is 0. The molecule has 0 aliphatic rings. The minimum Gasteiger partial charge on any atom is -0.431 e. The Kier molecular flexibility index (Phi) is 3.94. The molecule has 1 amide bonds. The standard InChI is InChI=1S/C18H21N3O2/c1-11(2)19-17(22)16-12(3)15-13(4)21(20-18(15)23-16)10-14-8-6-5-7-9-14/h5-9,11H,10H2,1-4H3,(H,19,22). The number of carbonyl (C=O) groups is 1. The molecule has 0 aliphatic carbocycles. The van der Waals surface area contributed by atoms with Crippen molar-refractivity contribution in [3.05, 3.63) is 52.9 Å². The van der Waals surface area contributed by atoms with Crippen molar-refractivity contribution in [2.24, 2.45) is 0 Å². The van der Waals surface area contributed by atoms with Crippen LogP contribution in [-0.2, 0) is 6.54 Å². The number of aryl methyl sites for hydroxylation is 2. The molecule has 23 heavy (non-hydrogen) atoms. The number of aromatic nitrogens is 2. The number of carbonyl (C=O) groups excluding carboxylic acids is 1. The second-order valence-electron chi connectivity index (χ2n) is 6.09. The number of nitrogens with one attached hydrogen (secondary N) is 1. The monoisotopic (exact) mass is 311 g/mol. The SMILES string of the molecule is Cc1c(C(=O)NC(C)C)oc2nn(Cc3ccccc3)c(C)c12. The van der Waals surface area contributed by atoms with Crippen LogP contribution < -0.4 is 5.32 Å². The van der Waals surface area contributed by atoms with Crippen LogP contribution in [0.25, 0.3) is 11.1 Å². The van der Waals surface area contributed by atoms with Gasteiger partial charge in [0.05, 0.1) is 11.9 Å². The minimum absolute atomic E-state index is 0.0680. The summed E-state index contributed by atoms with van der Waals surface area (Å²) in [5.74, 6) is 0.163. The second-order valence-corrected chi connectivity index (χ2v) is 6.09. The Labute approximate surface area is 135 Å². The zero-order valence-corrected chi connectivity index (χ0v) is 13.9. The zero-order valence-electron chi connectivity index (χ0n) is 13.9. The first-order valence-corrected chi connectivity index (χ1v) is 7.78. The Morgan fingerprint density at radius 2 is 1.96 bits per heavy atom. The third-order valence-corrected chi connectivity index (χ3v) is 3.89. The van der Waals surface area contributed by atoms with E-state index in [9.17, 15) is 4.79 Å². The smallest absolute Gasteiger partial charge is 0.287 e. The third-order valence-electron chi connectivity index (χ3n) is 3.89. The van der Waals surface area contributed by atoms with E-state index in [0.717, 1.165) is 16.6 Å². The summed E-state index contributed by atoms with van der Waals surface area (Å²) < 4.78 is 7.63. The van der Waals surface area contributed by atoms with Gasteiger partial charge >= 0.3 is 0 Å². The molecule has 5 nitrogen and oxygen atoms in total. The molecule has 5 heteroatoms. The van der Waals surface area contributed by atoms with Gasteiger partial charge in [-0.05, 0) is 33.3 Å². The van der Waals surface area contributed by atoms with Crippen LogP contribution in [0.4, 0.5) is 0 Å².